The molecule has 0 saturated carbocycles. The van der Waals surface area contributed by atoms with Crippen molar-refractivity contribution >= 4 is 12.0 Å². The average molecular weight is 293 g/mol. The SMILES string of the molecule is CC(C)CCCCNC(=O)NCc1ccc(C(=O)O)nc1. The topological polar surface area (TPSA) is 91.3 Å². The molecule has 3 N–H and O–H groups in total. The molecule has 0 aliphatic heterocycles. The predicted molar refractivity (Wildman–Crippen MR) is 80.1 cm³/mol. The van der Waals surface area contributed by atoms with Crippen LogP contribution in [-0.4, -0.2) is 28.6 Å². The van der Waals surface area contributed by atoms with E-state index in [1.165, 1.54) is 18.7 Å². The summed E-state index contributed by atoms with van der Waals surface area (Å²) in [5, 5.41) is 14.2. The summed E-state index contributed by atoms with van der Waals surface area (Å²) in [4.78, 5) is 26.0. The molecule has 0 aliphatic rings. The Kier molecular flexibility index (Phi) is 7.21. The van der Waals surface area contributed by atoms with E-state index >= 15 is 0 Å². The molecular weight excluding hydrogens is 270 g/mol. The molecule has 0 saturated heterocycles. The Bertz CT molecular complexity index is 458. The number of nitrogens with one attached hydrogen (secondary N) is 2. The first-order valence-corrected chi connectivity index (χ1v) is 7.19. The fourth-order valence-corrected chi connectivity index (χ4v) is 1.78. The molecule has 1 rings (SSSR count). The van der Waals surface area contributed by atoms with Gasteiger partial charge in [0.15, 0.2) is 0 Å². The monoisotopic (exact) mass is 293 g/mol. The molecule has 6 heteroatoms. The standard InChI is InChI=1S/C15H23N3O3/c1-11(2)5-3-4-8-16-15(21)18-10-12-6-7-13(14(19)20)17-9-12/h6-7,9,11H,3-5,8,10H2,1-2H3,(H,19,20)(H2,16,18,21). The lowest BCUT2D eigenvalue weighted by Gasteiger charge is -2.08. The lowest BCUT2D eigenvalue weighted by atomic mass is 10.1. The summed E-state index contributed by atoms with van der Waals surface area (Å²) >= 11 is 0. The fraction of sp³-hybridized carbons (Fsp3) is 0.533. The summed E-state index contributed by atoms with van der Waals surface area (Å²) in [6.45, 7) is 5.35. The molecule has 1 aromatic rings. The van der Waals surface area contributed by atoms with Crippen LogP contribution in [0.5, 0.6) is 0 Å². The van der Waals surface area contributed by atoms with Crippen LogP contribution in [0.4, 0.5) is 4.79 Å². The van der Waals surface area contributed by atoms with Crippen LogP contribution in [0.15, 0.2) is 18.3 Å². The highest BCUT2D eigenvalue weighted by Crippen LogP contribution is 2.05. The number of carbonyl (C=O) groups is 2. The number of rotatable bonds is 8. The molecule has 6 nitrogen and oxygen atoms in total. The Balaban J connectivity index is 2.19. The third-order valence-corrected chi connectivity index (χ3v) is 2.99. The molecule has 0 atom stereocenters. The van der Waals surface area contributed by atoms with Crippen LogP contribution in [0.2, 0.25) is 0 Å². The number of carboxylic acid groups (broad SMARTS) is 1. The molecule has 2 amide bonds. The predicted octanol–water partition coefficient (Wildman–Crippen LogP) is 2.41. The van der Waals surface area contributed by atoms with E-state index in [-0.39, 0.29) is 11.7 Å². The van der Waals surface area contributed by atoms with Crippen LogP contribution < -0.4 is 10.6 Å². The van der Waals surface area contributed by atoms with E-state index in [0.29, 0.717) is 19.0 Å². The average Bonchev–Trinajstić information content (AvgIpc) is 2.44. The Hall–Kier alpha value is -2.11. The van der Waals surface area contributed by atoms with Gasteiger partial charge in [-0.05, 0) is 24.0 Å². The van der Waals surface area contributed by atoms with Crippen LogP contribution in [0, 0.1) is 5.92 Å². The molecule has 0 aromatic carbocycles. The van der Waals surface area contributed by atoms with E-state index < -0.39 is 5.97 Å². The zero-order valence-corrected chi connectivity index (χ0v) is 12.6. The first-order chi connectivity index (χ1) is 9.99. The van der Waals surface area contributed by atoms with Crippen molar-refractivity contribution in [2.24, 2.45) is 5.92 Å². The van der Waals surface area contributed by atoms with Crippen molar-refractivity contribution in [3.05, 3.63) is 29.6 Å². The smallest absolute Gasteiger partial charge is 0.354 e. The molecular formula is C15H23N3O3. The summed E-state index contributed by atoms with van der Waals surface area (Å²) < 4.78 is 0. The van der Waals surface area contributed by atoms with Gasteiger partial charge in [0.25, 0.3) is 0 Å². The minimum Gasteiger partial charge on any atom is -0.477 e. The van der Waals surface area contributed by atoms with Gasteiger partial charge in [0.2, 0.25) is 0 Å². The van der Waals surface area contributed by atoms with Crippen molar-refractivity contribution in [1.82, 2.24) is 15.6 Å². The lowest BCUT2D eigenvalue weighted by Crippen LogP contribution is -2.35. The Morgan fingerprint density at radius 3 is 2.57 bits per heavy atom. The molecule has 0 radical (unpaired) electrons. The third-order valence-electron chi connectivity index (χ3n) is 2.99. The number of amides is 2. The van der Waals surface area contributed by atoms with Gasteiger partial charge in [0.05, 0.1) is 0 Å². The summed E-state index contributed by atoms with van der Waals surface area (Å²) in [7, 11) is 0. The van der Waals surface area contributed by atoms with Crippen LogP contribution >= 0.6 is 0 Å². The fourth-order valence-electron chi connectivity index (χ4n) is 1.78. The van der Waals surface area contributed by atoms with Gasteiger partial charge in [-0.2, -0.15) is 0 Å². The van der Waals surface area contributed by atoms with Crippen molar-refractivity contribution in [2.45, 2.75) is 39.7 Å². The van der Waals surface area contributed by atoms with Gasteiger partial charge < -0.3 is 15.7 Å². The maximum Gasteiger partial charge on any atom is 0.354 e. The first kappa shape index (κ1) is 16.9. The summed E-state index contributed by atoms with van der Waals surface area (Å²) in [5.41, 5.74) is 0.753. The van der Waals surface area contributed by atoms with E-state index in [2.05, 4.69) is 29.5 Å². The largest absolute Gasteiger partial charge is 0.477 e. The van der Waals surface area contributed by atoms with Crippen LogP contribution in [0.1, 0.15) is 49.2 Å². The number of hydrogen-bond donors (Lipinski definition) is 3. The van der Waals surface area contributed by atoms with Gasteiger partial charge in [-0.1, -0.05) is 32.8 Å². The highest BCUT2D eigenvalue weighted by Gasteiger charge is 2.04. The zero-order chi connectivity index (χ0) is 15.7. The number of pyridine rings is 1. The number of hydrogen-bond acceptors (Lipinski definition) is 3. The first-order valence-electron chi connectivity index (χ1n) is 7.19. The molecule has 1 aromatic heterocycles. The maximum atomic E-state index is 11.6. The summed E-state index contributed by atoms with van der Waals surface area (Å²) in [6.07, 6.45) is 4.70. The van der Waals surface area contributed by atoms with Gasteiger partial charge in [-0.15, -0.1) is 0 Å². The van der Waals surface area contributed by atoms with Crippen LogP contribution in [-0.2, 0) is 6.54 Å². The minimum absolute atomic E-state index is 0.00615. The van der Waals surface area contributed by atoms with Gasteiger partial charge in [0.1, 0.15) is 5.69 Å². The second-order valence-electron chi connectivity index (χ2n) is 5.36. The molecule has 0 spiro atoms. The molecule has 21 heavy (non-hydrogen) atoms. The Morgan fingerprint density at radius 1 is 1.24 bits per heavy atom. The van der Waals surface area contributed by atoms with E-state index in [1.807, 2.05) is 0 Å². The minimum atomic E-state index is -1.06. The molecule has 116 valence electrons. The van der Waals surface area contributed by atoms with Crippen molar-refractivity contribution in [2.75, 3.05) is 6.54 Å². The number of aromatic carboxylic acids is 1. The summed E-state index contributed by atoms with van der Waals surface area (Å²) in [6, 6.07) is 2.84. The van der Waals surface area contributed by atoms with E-state index in [0.717, 1.165) is 18.4 Å². The van der Waals surface area contributed by atoms with E-state index in [1.54, 1.807) is 6.07 Å². The number of carboxylic acids is 1. The number of urea groups is 1. The zero-order valence-electron chi connectivity index (χ0n) is 12.6. The van der Waals surface area contributed by atoms with Crippen molar-refractivity contribution in [3.63, 3.8) is 0 Å². The van der Waals surface area contributed by atoms with E-state index in [9.17, 15) is 9.59 Å². The van der Waals surface area contributed by atoms with Crippen molar-refractivity contribution < 1.29 is 14.7 Å². The number of nitrogens with zero attached hydrogens (tertiary/aromatic N) is 1. The van der Waals surface area contributed by atoms with Crippen molar-refractivity contribution in [3.8, 4) is 0 Å². The van der Waals surface area contributed by atoms with Gasteiger partial charge >= 0.3 is 12.0 Å². The number of carbonyl (C=O) groups excluding carboxylic acids is 1. The van der Waals surface area contributed by atoms with Gasteiger partial charge in [-0.25, -0.2) is 14.6 Å². The molecule has 0 bridgehead atoms. The van der Waals surface area contributed by atoms with E-state index in [4.69, 9.17) is 5.11 Å². The Labute approximate surface area is 125 Å². The highest BCUT2D eigenvalue weighted by atomic mass is 16.4. The summed E-state index contributed by atoms with van der Waals surface area (Å²) in [5.74, 6) is -0.367. The highest BCUT2D eigenvalue weighted by molar-refractivity contribution is 5.85. The maximum absolute atomic E-state index is 11.6. The second kappa shape index (κ2) is 8.94. The molecule has 0 fully saturated rings. The van der Waals surface area contributed by atoms with Crippen LogP contribution in [0.25, 0.3) is 0 Å². The molecule has 1 heterocycles. The van der Waals surface area contributed by atoms with Crippen LogP contribution in [0.3, 0.4) is 0 Å². The normalized spacial score (nSPS) is 10.4. The number of aromatic nitrogens is 1. The number of unbranched alkanes of at least 4 members (excludes halogenated alkanes) is 1. The van der Waals surface area contributed by atoms with Crippen molar-refractivity contribution in [1.29, 1.82) is 0 Å². The Morgan fingerprint density at radius 2 is 2.00 bits per heavy atom. The molecule has 0 unspecified atom stereocenters. The lowest BCUT2D eigenvalue weighted by molar-refractivity contribution is 0.0690. The second-order valence-corrected chi connectivity index (χ2v) is 5.36. The van der Waals surface area contributed by atoms with Gasteiger partial charge in [-0.3, -0.25) is 0 Å². The third kappa shape index (κ3) is 7.29. The van der Waals surface area contributed by atoms with Gasteiger partial charge in [0, 0.05) is 19.3 Å². The molecule has 0 aliphatic carbocycles. The quantitative estimate of drug-likeness (QED) is 0.642.